The molecule has 1 aliphatic rings. The molecular formula is C15H34N2O. The van der Waals surface area contributed by atoms with E-state index in [4.69, 9.17) is 4.74 Å². The predicted octanol–water partition coefficient (Wildman–Crippen LogP) is 2.90. The molecule has 0 aromatic rings. The summed E-state index contributed by atoms with van der Waals surface area (Å²) in [6.07, 6.45) is 4.10. The lowest BCUT2D eigenvalue weighted by molar-refractivity contribution is -0.0309. The zero-order valence-corrected chi connectivity index (χ0v) is 13.2. The summed E-state index contributed by atoms with van der Waals surface area (Å²) in [6.45, 7) is 16.1. The Morgan fingerprint density at radius 1 is 1.33 bits per heavy atom. The Morgan fingerprint density at radius 2 is 2.06 bits per heavy atom. The normalized spacial score (nSPS) is 22.2. The van der Waals surface area contributed by atoms with E-state index in [1.54, 1.807) is 0 Å². The first-order valence-electron chi connectivity index (χ1n) is 7.83. The molecule has 3 nitrogen and oxygen atoms in total. The van der Waals surface area contributed by atoms with E-state index in [1.807, 2.05) is 13.8 Å². The van der Waals surface area contributed by atoms with Gasteiger partial charge in [0.05, 0.1) is 12.7 Å². The molecule has 0 amide bonds. The van der Waals surface area contributed by atoms with E-state index in [0.717, 1.165) is 32.8 Å². The first kappa shape index (κ1) is 17.9. The van der Waals surface area contributed by atoms with Crippen molar-refractivity contribution in [3.63, 3.8) is 0 Å². The molecule has 0 aromatic heterocycles. The maximum absolute atomic E-state index is 5.77. The van der Waals surface area contributed by atoms with Crippen LogP contribution in [0, 0.1) is 0 Å². The van der Waals surface area contributed by atoms with Crippen molar-refractivity contribution in [2.75, 3.05) is 32.8 Å². The van der Waals surface area contributed by atoms with Crippen LogP contribution in [0.5, 0.6) is 0 Å². The number of likely N-dealkylation sites (N-methyl/N-ethyl adjacent to an activating group) is 1. The van der Waals surface area contributed by atoms with Gasteiger partial charge in [0.15, 0.2) is 0 Å². The number of ether oxygens (including phenoxy) is 1. The average molecular weight is 258 g/mol. The lowest BCUT2D eigenvalue weighted by atomic mass is 10.1. The van der Waals surface area contributed by atoms with Crippen LogP contribution in [0.15, 0.2) is 0 Å². The second-order valence-electron chi connectivity index (χ2n) is 4.79. The minimum Gasteiger partial charge on any atom is -0.376 e. The molecule has 3 heteroatoms. The van der Waals surface area contributed by atoms with Gasteiger partial charge < -0.3 is 10.1 Å². The van der Waals surface area contributed by atoms with Crippen LogP contribution in [0.25, 0.3) is 0 Å². The van der Waals surface area contributed by atoms with Crippen LogP contribution in [0.1, 0.15) is 53.9 Å². The van der Waals surface area contributed by atoms with Gasteiger partial charge in [0.1, 0.15) is 0 Å². The molecule has 0 saturated carbocycles. The third-order valence-electron chi connectivity index (χ3n) is 3.48. The molecule has 0 aromatic carbocycles. The molecule has 1 fully saturated rings. The molecule has 0 aliphatic carbocycles. The first-order valence-corrected chi connectivity index (χ1v) is 7.83. The summed E-state index contributed by atoms with van der Waals surface area (Å²) < 4.78 is 5.77. The van der Waals surface area contributed by atoms with Crippen molar-refractivity contribution >= 4 is 0 Å². The molecule has 0 bridgehead atoms. The fourth-order valence-corrected chi connectivity index (χ4v) is 2.06. The second-order valence-corrected chi connectivity index (χ2v) is 4.79. The smallest absolute Gasteiger partial charge is 0.0703 e. The fraction of sp³-hybridized carbons (Fsp3) is 1.00. The van der Waals surface area contributed by atoms with Gasteiger partial charge in [-0.25, -0.2) is 0 Å². The maximum Gasteiger partial charge on any atom is 0.0703 e. The van der Waals surface area contributed by atoms with Crippen molar-refractivity contribution in [2.24, 2.45) is 0 Å². The first-order chi connectivity index (χ1) is 8.76. The topological polar surface area (TPSA) is 24.5 Å². The van der Waals surface area contributed by atoms with Crippen molar-refractivity contribution in [1.82, 2.24) is 10.2 Å². The third kappa shape index (κ3) is 8.06. The number of nitrogens with one attached hydrogen (secondary N) is 1. The van der Waals surface area contributed by atoms with Gasteiger partial charge in [-0.15, -0.1) is 0 Å². The molecule has 0 radical (unpaired) electrons. The summed E-state index contributed by atoms with van der Waals surface area (Å²) >= 11 is 0. The number of hydrogen-bond acceptors (Lipinski definition) is 3. The predicted molar refractivity (Wildman–Crippen MR) is 80.2 cm³/mol. The Bertz CT molecular complexity index is 176. The zero-order chi connectivity index (χ0) is 13.8. The molecule has 1 N–H and O–H groups in total. The van der Waals surface area contributed by atoms with Crippen LogP contribution in [0.2, 0.25) is 0 Å². The van der Waals surface area contributed by atoms with Gasteiger partial charge in [-0.2, -0.15) is 0 Å². The number of hydrogen-bond donors (Lipinski definition) is 1. The van der Waals surface area contributed by atoms with E-state index < -0.39 is 0 Å². The van der Waals surface area contributed by atoms with Crippen molar-refractivity contribution < 1.29 is 4.74 Å². The van der Waals surface area contributed by atoms with Crippen LogP contribution in [-0.4, -0.2) is 49.8 Å². The fourth-order valence-electron chi connectivity index (χ4n) is 2.06. The molecule has 1 aliphatic heterocycles. The van der Waals surface area contributed by atoms with Gasteiger partial charge in [0, 0.05) is 19.1 Å². The lowest BCUT2D eigenvalue weighted by Crippen LogP contribution is -2.42. The molecule has 2 atom stereocenters. The van der Waals surface area contributed by atoms with Crippen molar-refractivity contribution in [3.8, 4) is 0 Å². The molecule has 1 rings (SSSR count). The molecule has 1 heterocycles. The second kappa shape index (κ2) is 11.9. The van der Waals surface area contributed by atoms with Gasteiger partial charge >= 0.3 is 0 Å². The van der Waals surface area contributed by atoms with Crippen LogP contribution in [-0.2, 0) is 4.74 Å². The van der Waals surface area contributed by atoms with Gasteiger partial charge in [-0.1, -0.05) is 27.7 Å². The van der Waals surface area contributed by atoms with E-state index in [2.05, 4.69) is 31.0 Å². The monoisotopic (exact) mass is 258 g/mol. The molecule has 2 unspecified atom stereocenters. The standard InChI is InChI=1S/C13H28N2O.C2H6/c1-4-12(3)14-8-6-7-13-11-15(5-2)9-10-16-13;1-2/h12-14H,4-11H2,1-3H3;1-2H3. The Labute approximate surface area is 114 Å². The highest BCUT2D eigenvalue weighted by Gasteiger charge is 2.18. The Kier molecular flexibility index (Phi) is 11.9. The minimum absolute atomic E-state index is 0.465. The van der Waals surface area contributed by atoms with E-state index in [9.17, 15) is 0 Å². The summed E-state index contributed by atoms with van der Waals surface area (Å²) in [6, 6.07) is 0.652. The summed E-state index contributed by atoms with van der Waals surface area (Å²) in [5.74, 6) is 0. The van der Waals surface area contributed by atoms with Crippen LogP contribution >= 0.6 is 0 Å². The summed E-state index contributed by atoms with van der Waals surface area (Å²) in [5, 5.41) is 3.53. The molecular weight excluding hydrogens is 224 g/mol. The third-order valence-corrected chi connectivity index (χ3v) is 3.48. The summed E-state index contributed by atoms with van der Waals surface area (Å²) in [4.78, 5) is 2.48. The van der Waals surface area contributed by atoms with E-state index in [0.29, 0.717) is 12.1 Å². The molecule has 110 valence electrons. The van der Waals surface area contributed by atoms with Crippen LogP contribution in [0.3, 0.4) is 0 Å². The Hall–Kier alpha value is -0.120. The summed E-state index contributed by atoms with van der Waals surface area (Å²) in [5.41, 5.74) is 0. The largest absolute Gasteiger partial charge is 0.376 e. The van der Waals surface area contributed by atoms with Gasteiger partial charge in [-0.05, 0) is 39.3 Å². The maximum atomic E-state index is 5.77. The van der Waals surface area contributed by atoms with Crippen LogP contribution in [0.4, 0.5) is 0 Å². The average Bonchev–Trinajstić information content (AvgIpc) is 2.45. The number of morpholine rings is 1. The highest BCUT2D eigenvalue weighted by Crippen LogP contribution is 2.09. The lowest BCUT2D eigenvalue weighted by Gasteiger charge is -2.32. The number of nitrogens with zero attached hydrogens (tertiary/aromatic N) is 1. The minimum atomic E-state index is 0.465. The Balaban J connectivity index is 0.00000137. The van der Waals surface area contributed by atoms with Crippen molar-refractivity contribution in [2.45, 2.75) is 66.0 Å². The summed E-state index contributed by atoms with van der Waals surface area (Å²) in [7, 11) is 0. The Morgan fingerprint density at radius 3 is 2.67 bits per heavy atom. The van der Waals surface area contributed by atoms with E-state index >= 15 is 0 Å². The molecule has 1 saturated heterocycles. The zero-order valence-electron chi connectivity index (χ0n) is 13.2. The van der Waals surface area contributed by atoms with Crippen molar-refractivity contribution in [1.29, 1.82) is 0 Å². The number of rotatable bonds is 7. The van der Waals surface area contributed by atoms with E-state index in [1.165, 1.54) is 19.3 Å². The molecule has 18 heavy (non-hydrogen) atoms. The SMILES string of the molecule is CC.CCC(C)NCCCC1CN(CC)CCO1. The van der Waals surface area contributed by atoms with Crippen LogP contribution < -0.4 is 5.32 Å². The van der Waals surface area contributed by atoms with Gasteiger partial charge in [0.2, 0.25) is 0 Å². The highest BCUT2D eigenvalue weighted by molar-refractivity contribution is 4.71. The van der Waals surface area contributed by atoms with E-state index in [-0.39, 0.29) is 0 Å². The van der Waals surface area contributed by atoms with Gasteiger partial charge in [-0.3, -0.25) is 4.90 Å². The highest BCUT2D eigenvalue weighted by atomic mass is 16.5. The quantitative estimate of drug-likeness (QED) is 0.711. The van der Waals surface area contributed by atoms with Gasteiger partial charge in [0.25, 0.3) is 0 Å². The van der Waals surface area contributed by atoms with Crippen molar-refractivity contribution in [3.05, 3.63) is 0 Å². The molecule has 0 spiro atoms.